The Morgan fingerprint density at radius 1 is 1.62 bits per heavy atom. The highest BCUT2D eigenvalue weighted by atomic mass is 32.2. The van der Waals surface area contributed by atoms with E-state index in [1.54, 1.807) is 18.0 Å². The van der Waals surface area contributed by atoms with Crippen LogP contribution in [0.4, 0.5) is 0 Å². The molecule has 1 aliphatic rings. The van der Waals surface area contributed by atoms with Crippen molar-refractivity contribution in [3.05, 3.63) is 0 Å². The second-order valence-corrected chi connectivity index (χ2v) is 7.32. The molecule has 94 valence electrons. The predicted molar refractivity (Wildman–Crippen MR) is 74.7 cm³/mol. The lowest BCUT2D eigenvalue weighted by Gasteiger charge is -2.28. The standard InChI is InChI=1S/C11H22N2OS2/c1-8-7-15-11(13-10(8)3)12-6-5-9(2)16(4)14/h8-10H,5-7H2,1-4H3,(H,12,13). The van der Waals surface area contributed by atoms with Gasteiger partial charge in [-0.3, -0.25) is 9.20 Å². The van der Waals surface area contributed by atoms with Gasteiger partial charge in [0.25, 0.3) is 0 Å². The van der Waals surface area contributed by atoms with Crippen LogP contribution in [0.15, 0.2) is 4.99 Å². The van der Waals surface area contributed by atoms with Crippen molar-refractivity contribution in [3.63, 3.8) is 0 Å². The lowest BCUT2D eigenvalue weighted by atomic mass is 10.1. The van der Waals surface area contributed by atoms with E-state index in [0.717, 1.165) is 23.9 Å². The van der Waals surface area contributed by atoms with Crippen LogP contribution >= 0.6 is 11.8 Å². The minimum Gasteiger partial charge on any atom is -0.362 e. The first-order chi connectivity index (χ1) is 7.50. The van der Waals surface area contributed by atoms with E-state index in [0.29, 0.717) is 12.0 Å². The van der Waals surface area contributed by atoms with Crippen molar-refractivity contribution in [1.82, 2.24) is 5.32 Å². The Morgan fingerprint density at radius 2 is 2.31 bits per heavy atom. The minimum absolute atomic E-state index is 0.245. The van der Waals surface area contributed by atoms with Crippen LogP contribution in [0.3, 0.4) is 0 Å². The van der Waals surface area contributed by atoms with Gasteiger partial charge in [0.1, 0.15) is 0 Å². The van der Waals surface area contributed by atoms with Gasteiger partial charge in [-0.25, -0.2) is 0 Å². The molecule has 1 N–H and O–H groups in total. The van der Waals surface area contributed by atoms with Gasteiger partial charge in [-0.1, -0.05) is 25.6 Å². The average Bonchev–Trinajstić information content (AvgIpc) is 2.23. The van der Waals surface area contributed by atoms with Gasteiger partial charge >= 0.3 is 0 Å². The van der Waals surface area contributed by atoms with Gasteiger partial charge in [-0.15, -0.1) is 0 Å². The maximum atomic E-state index is 11.2. The van der Waals surface area contributed by atoms with E-state index in [2.05, 4.69) is 24.2 Å². The van der Waals surface area contributed by atoms with Crippen molar-refractivity contribution in [2.24, 2.45) is 10.9 Å². The van der Waals surface area contributed by atoms with Gasteiger partial charge in [0.05, 0.1) is 0 Å². The molecule has 4 atom stereocenters. The minimum atomic E-state index is -0.726. The first kappa shape index (κ1) is 14.0. The summed E-state index contributed by atoms with van der Waals surface area (Å²) in [6, 6.07) is 0.512. The molecule has 0 amide bonds. The average molecular weight is 262 g/mol. The molecule has 1 saturated heterocycles. The summed E-state index contributed by atoms with van der Waals surface area (Å²) in [6.07, 6.45) is 2.66. The molecule has 0 aromatic heterocycles. The third-order valence-corrected chi connectivity index (χ3v) is 5.63. The SMILES string of the molecule is CC1CSC(=NCCC(C)S(C)=O)NC1C. The molecule has 0 aliphatic carbocycles. The fourth-order valence-electron chi connectivity index (χ4n) is 1.34. The Hall–Kier alpha value is -0.0300. The largest absolute Gasteiger partial charge is 0.362 e. The number of rotatable bonds is 4. The summed E-state index contributed by atoms with van der Waals surface area (Å²) in [5, 5.41) is 4.71. The molecular formula is C11H22N2OS2. The number of nitrogens with zero attached hydrogens (tertiary/aromatic N) is 1. The van der Waals surface area contributed by atoms with Crippen LogP contribution in [-0.4, -0.2) is 39.2 Å². The first-order valence-corrected chi connectivity index (χ1v) is 8.37. The fraction of sp³-hybridized carbons (Fsp3) is 0.909. The van der Waals surface area contributed by atoms with Crippen LogP contribution < -0.4 is 5.32 Å². The topological polar surface area (TPSA) is 41.5 Å². The van der Waals surface area contributed by atoms with Gasteiger partial charge in [0.2, 0.25) is 0 Å². The van der Waals surface area contributed by atoms with Crippen molar-refractivity contribution in [2.45, 2.75) is 38.5 Å². The third kappa shape index (κ3) is 4.45. The van der Waals surface area contributed by atoms with Crippen LogP contribution in [-0.2, 0) is 10.8 Å². The highest BCUT2D eigenvalue weighted by Crippen LogP contribution is 2.19. The van der Waals surface area contributed by atoms with Crippen molar-refractivity contribution >= 4 is 27.7 Å². The Morgan fingerprint density at radius 3 is 2.88 bits per heavy atom. The Labute approximate surface area is 105 Å². The lowest BCUT2D eigenvalue weighted by Crippen LogP contribution is -2.41. The normalized spacial score (nSPS) is 32.1. The molecule has 0 bridgehead atoms. The van der Waals surface area contributed by atoms with Crippen LogP contribution in [0.5, 0.6) is 0 Å². The fourth-order valence-corrected chi connectivity index (χ4v) is 2.94. The molecule has 5 heteroatoms. The van der Waals surface area contributed by atoms with E-state index in [4.69, 9.17) is 0 Å². The number of hydrogen-bond donors (Lipinski definition) is 1. The van der Waals surface area contributed by atoms with E-state index >= 15 is 0 Å². The van der Waals surface area contributed by atoms with Gasteiger partial charge in [-0.05, 0) is 19.3 Å². The van der Waals surface area contributed by atoms with Crippen LogP contribution in [0, 0.1) is 5.92 Å². The molecule has 1 heterocycles. The number of hydrogen-bond acceptors (Lipinski definition) is 3. The molecule has 4 unspecified atom stereocenters. The predicted octanol–water partition coefficient (Wildman–Crippen LogP) is 1.86. The van der Waals surface area contributed by atoms with E-state index < -0.39 is 10.8 Å². The molecule has 0 aromatic rings. The summed E-state index contributed by atoms with van der Waals surface area (Å²) in [5.41, 5.74) is 0. The zero-order valence-corrected chi connectivity index (χ0v) is 12.2. The lowest BCUT2D eigenvalue weighted by molar-refractivity contribution is 0.490. The van der Waals surface area contributed by atoms with Gasteiger partial charge in [0.15, 0.2) is 5.17 Å². The van der Waals surface area contributed by atoms with Crippen molar-refractivity contribution in [2.75, 3.05) is 18.6 Å². The molecule has 0 radical (unpaired) electrons. The molecule has 1 aliphatic heterocycles. The number of amidine groups is 1. The number of thioether (sulfide) groups is 1. The maximum Gasteiger partial charge on any atom is 0.156 e. The second kappa shape index (κ2) is 6.64. The molecule has 3 nitrogen and oxygen atoms in total. The summed E-state index contributed by atoms with van der Waals surface area (Å²) in [4.78, 5) is 4.52. The summed E-state index contributed by atoms with van der Waals surface area (Å²) in [7, 11) is -0.726. The monoisotopic (exact) mass is 262 g/mol. The molecule has 1 rings (SSSR count). The molecule has 16 heavy (non-hydrogen) atoms. The van der Waals surface area contributed by atoms with E-state index in [1.165, 1.54) is 0 Å². The molecular weight excluding hydrogens is 240 g/mol. The van der Waals surface area contributed by atoms with Crippen molar-refractivity contribution < 1.29 is 4.21 Å². The van der Waals surface area contributed by atoms with Crippen LogP contribution in [0.2, 0.25) is 0 Å². The summed E-state index contributed by atoms with van der Waals surface area (Å²) in [6.45, 7) is 7.24. The van der Waals surface area contributed by atoms with Gasteiger partial charge in [-0.2, -0.15) is 0 Å². The van der Waals surface area contributed by atoms with E-state index in [-0.39, 0.29) is 5.25 Å². The molecule has 0 saturated carbocycles. The smallest absolute Gasteiger partial charge is 0.156 e. The highest BCUT2D eigenvalue weighted by molar-refractivity contribution is 8.13. The zero-order chi connectivity index (χ0) is 12.1. The first-order valence-electron chi connectivity index (χ1n) is 5.76. The van der Waals surface area contributed by atoms with E-state index in [1.807, 2.05) is 6.92 Å². The maximum absolute atomic E-state index is 11.2. The third-order valence-electron chi connectivity index (χ3n) is 3.05. The summed E-state index contributed by atoms with van der Waals surface area (Å²) in [5.74, 6) is 1.84. The number of aliphatic imine (C=N–C) groups is 1. The van der Waals surface area contributed by atoms with Gasteiger partial charge in [0, 0.05) is 40.6 Å². The quantitative estimate of drug-likeness (QED) is 0.841. The van der Waals surface area contributed by atoms with Gasteiger partial charge < -0.3 is 5.32 Å². The molecule has 1 fully saturated rings. The van der Waals surface area contributed by atoms with Crippen molar-refractivity contribution in [3.8, 4) is 0 Å². The van der Waals surface area contributed by atoms with Crippen LogP contribution in [0.1, 0.15) is 27.2 Å². The van der Waals surface area contributed by atoms with E-state index in [9.17, 15) is 4.21 Å². The summed E-state index contributed by atoms with van der Waals surface area (Å²) >= 11 is 1.80. The zero-order valence-electron chi connectivity index (χ0n) is 10.5. The Balaban J connectivity index is 2.32. The Bertz CT molecular complexity index is 281. The highest BCUT2D eigenvalue weighted by Gasteiger charge is 2.20. The number of nitrogens with one attached hydrogen (secondary N) is 1. The molecule has 0 spiro atoms. The Kier molecular flexibility index (Phi) is 5.83. The van der Waals surface area contributed by atoms with Crippen molar-refractivity contribution in [1.29, 1.82) is 0 Å². The second-order valence-electron chi connectivity index (χ2n) is 4.51. The van der Waals surface area contributed by atoms with Crippen LogP contribution in [0.25, 0.3) is 0 Å². The summed E-state index contributed by atoms with van der Waals surface area (Å²) < 4.78 is 11.2. The molecule has 0 aromatic carbocycles.